The molecule has 1 unspecified atom stereocenters. The maximum absolute atomic E-state index is 11.5. The fourth-order valence-electron chi connectivity index (χ4n) is 2.79. The van der Waals surface area contributed by atoms with Crippen LogP contribution >= 0.6 is 0 Å². The van der Waals surface area contributed by atoms with Crippen LogP contribution in [-0.2, 0) is 14.6 Å². The number of hydrogen-bond acceptors (Lipinski definition) is 8. The Morgan fingerprint density at radius 1 is 1.35 bits per heavy atom. The topological polar surface area (TPSA) is 96.5 Å². The SMILES string of the molecule is O=S1(=O)CCC(Nc2ccnc(NCCN3CCOCC3)n2)C1. The van der Waals surface area contributed by atoms with Crippen molar-refractivity contribution in [2.24, 2.45) is 0 Å². The standard InChI is InChI=1S/C14H23N5O3S/c20-23(21)10-2-12(11-23)17-13-1-3-15-14(18-13)16-4-5-19-6-8-22-9-7-19/h1,3,12H,2,4-11H2,(H2,15,16,17,18). The number of anilines is 2. The predicted octanol–water partition coefficient (Wildman–Crippen LogP) is -0.180. The zero-order chi connectivity index (χ0) is 16.1. The van der Waals surface area contributed by atoms with E-state index in [0.717, 1.165) is 39.4 Å². The lowest BCUT2D eigenvalue weighted by Crippen LogP contribution is -2.39. The quantitative estimate of drug-likeness (QED) is 0.736. The third-order valence-electron chi connectivity index (χ3n) is 4.05. The molecule has 0 aromatic carbocycles. The molecule has 3 heterocycles. The van der Waals surface area contributed by atoms with Gasteiger partial charge in [0.2, 0.25) is 5.95 Å². The zero-order valence-corrected chi connectivity index (χ0v) is 13.9. The second-order valence-electron chi connectivity index (χ2n) is 5.89. The van der Waals surface area contributed by atoms with E-state index >= 15 is 0 Å². The van der Waals surface area contributed by atoms with Crippen molar-refractivity contribution in [1.29, 1.82) is 0 Å². The van der Waals surface area contributed by atoms with Crippen molar-refractivity contribution in [3.8, 4) is 0 Å². The molecule has 0 saturated carbocycles. The third-order valence-corrected chi connectivity index (χ3v) is 5.82. The largest absolute Gasteiger partial charge is 0.379 e. The highest BCUT2D eigenvalue weighted by Gasteiger charge is 2.27. The zero-order valence-electron chi connectivity index (χ0n) is 13.1. The highest BCUT2D eigenvalue weighted by atomic mass is 32.2. The number of morpholine rings is 1. The van der Waals surface area contributed by atoms with Gasteiger partial charge in [0.25, 0.3) is 0 Å². The van der Waals surface area contributed by atoms with Gasteiger partial charge >= 0.3 is 0 Å². The summed E-state index contributed by atoms with van der Waals surface area (Å²) in [5.41, 5.74) is 0. The summed E-state index contributed by atoms with van der Waals surface area (Å²) in [5.74, 6) is 1.65. The van der Waals surface area contributed by atoms with E-state index in [0.29, 0.717) is 18.2 Å². The lowest BCUT2D eigenvalue weighted by Gasteiger charge is -2.26. The molecule has 0 radical (unpaired) electrons. The molecule has 9 heteroatoms. The van der Waals surface area contributed by atoms with Gasteiger partial charge in [0.1, 0.15) is 5.82 Å². The van der Waals surface area contributed by atoms with Gasteiger partial charge in [-0.3, -0.25) is 4.90 Å². The van der Waals surface area contributed by atoms with Crippen molar-refractivity contribution >= 4 is 21.6 Å². The molecule has 0 spiro atoms. The summed E-state index contributed by atoms with van der Waals surface area (Å²) in [6.07, 6.45) is 2.31. The summed E-state index contributed by atoms with van der Waals surface area (Å²) in [7, 11) is -2.89. The van der Waals surface area contributed by atoms with E-state index in [-0.39, 0.29) is 17.5 Å². The van der Waals surface area contributed by atoms with Crippen LogP contribution < -0.4 is 10.6 Å². The van der Waals surface area contributed by atoms with Gasteiger partial charge in [-0.25, -0.2) is 13.4 Å². The molecule has 1 atom stereocenters. The molecule has 3 rings (SSSR count). The van der Waals surface area contributed by atoms with Crippen LogP contribution in [0.15, 0.2) is 12.3 Å². The summed E-state index contributed by atoms with van der Waals surface area (Å²) < 4.78 is 28.3. The number of hydrogen-bond donors (Lipinski definition) is 2. The molecule has 0 aliphatic carbocycles. The van der Waals surface area contributed by atoms with Crippen LogP contribution in [0, 0.1) is 0 Å². The molecular formula is C14H23N5O3S. The van der Waals surface area contributed by atoms with Crippen LogP contribution in [0.5, 0.6) is 0 Å². The van der Waals surface area contributed by atoms with E-state index in [4.69, 9.17) is 4.74 Å². The van der Waals surface area contributed by atoms with Crippen molar-refractivity contribution in [3.05, 3.63) is 12.3 Å². The second-order valence-corrected chi connectivity index (χ2v) is 8.12. The fourth-order valence-corrected chi connectivity index (χ4v) is 4.47. The van der Waals surface area contributed by atoms with Crippen molar-refractivity contribution in [2.75, 3.05) is 61.5 Å². The second kappa shape index (κ2) is 7.41. The van der Waals surface area contributed by atoms with E-state index in [2.05, 4.69) is 25.5 Å². The Balaban J connectivity index is 1.47. The van der Waals surface area contributed by atoms with Gasteiger partial charge in [0.15, 0.2) is 9.84 Å². The van der Waals surface area contributed by atoms with Gasteiger partial charge in [-0.2, -0.15) is 4.98 Å². The third kappa shape index (κ3) is 5.02. The Morgan fingerprint density at radius 3 is 2.91 bits per heavy atom. The first kappa shape index (κ1) is 16.4. The summed E-state index contributed by atoms with van der Waals surface area (Å²) in [6, 6.07) is 1.70. The minimum Gasteiger partial charge on any atom is -0.379 e. The van der Waals surface area contributed by atoms with E-state index in [9.17, 15) is 8.42 Å². The number of aromatic nitrogens is 2. The van der Waals surface area contributed by atoms with Crippen LogP contribution in [0.1, 0.15) is 6.42 Å². The average Bonchev–Trinajstić information content (AvgIpc) is 2.87. The number of rotatable bonds is 6. The molecule has 2 saturated heterocycles. The van der Waals surface area contributed by atoms with Crippen LogP contribution in [0.3, 0.4) is 0 Å². The lowest BCUT2D eigenvalue weighted by molar-refractivity contribution is 0.0398. The molecule has 23 heavy (non-hydrogen) atoms. The molecular weight excluding hydrogens is 318 g/mol. The van der Waals surface area contributed by atoms with Gasteiger partial charge in [0.05, 0.1) is 24.7 Å². The monoisotopic (exact) mass is 341 g/mol. The fraction of sp³-hybridized carbons (Fsp3) is 0.714. The van der Waals surface area contributed by atoms with Crippen molar-refractivity contribution < 1.29 is 13.2 Å². The van der Waals surface area contributed by atoms with Crippen molar-refractivity contribution in [2.45, 2.75) is 12.5 Å². The number of nitrogens with zero attached hydrogens (tertiary/aromatic N) is 3. The Bertz CT molecular complexity index is 619. The predicted molar refractivity (Wildman–Crippen MR) is 88.5 cm³/mol. The Hall–Kier alpha value is -1.45. The van der Waals surface area contributed by atoms with Crippen LogP contribution in [-0.4, -0.2) is 80.2 Å². The first-order valence-corrected chi connectivity index (χ1v) is 9.77. The smallest absolute Gasteiger partial charge is 0.224 e. The van der Waals surface area contributed by atoms with Gasteiger partial charge < -0.3 is 15.4 Å². The number of sulfone groups is 1. The van der Waals surface area contributed by atoms with Crippen LogP contribution in [0.25, 0.3) is 0 Å². The molecule has 8 nitrogen and oxygen atoms in total. The molecule has 0 amide bonds. The van der Waals surface area contributed by atoms with Crippen molar-refractivity contribution in [1.82, 2.24) is 14.9 Å². The summed E-state index contributed by atoms with van der Waals surface area (Å²) in [4.78, 5) is 10.9. The van der Waals surface area contributed by atoms with E-state index in [1.165, 1.54) is 0 Å². The highest BCUT2D eigenvalue weighted by molar-refractivity contribution is 7.91. The molecule has 1 aromatic heterocycles. The van der Waals surface area contributed by atoms with Crippen LogP contribution in [0.4, 0.5) is 11.8 Å². The molecule has 2 N–H and O–H groups in total. The number of ether oxygens (including phenoxy) is 1. The van der Waals surface area contributed by atoms with Gasteiger partial charge in [-0.1, -0.05) is 0 Å². The van der Waals surface area contributed by atoms with Crippen LogP contribution in [0.2, 0.25) is 0 Å². The normalized spacial score (nSPS) is 24.4. The minimum atomic E-state index is -2.89. The average molecular weight is 341 g/mol. The molecule has 128 valence electrons. The molecule has 2 aliphatic rings. The molecule has 2 fully saturated rings. The lowest BCUT2D eigenvalue weighted by atomic mass is 10.2. The first-order chi connectivity index (χ1) is 11.1. The summed E-state index contributed by atoms with van der Waals surface area (Å²) in [6.45, 7) is 5.19. The Morgan fingerprint density at radius 2 is 2.17 bits per heavy atom. The Kier molecular flexibility index (Phi) is 5.29. The number of nitrogens with one attached hydrogen (secondary N) is 2. The van der Waals surface area contributed by atoms with E-state index in [1.807, 2.05) is 0 Å². The first-order valence-electron chi connectivity index (χ1n) is 7.95. The van der Waals surface area contributed by atoms with E-state index < -0.39 is 9.84 Å². The molecule has 2 aliphatic heterocycles. The maximum atomic E-state index is 11.5. The van der Waals surface area contributed by atoms with Gasteiger partial charge in [0, 0.05) is 38.4 Å². The Labute approximate surface area is 136 Å². The van der Waals surface area contributed by atoms with Crippen molar-refractivity contribution in [3.63, 3.8) is 0 Å². The molecule has 0 bridgehead atoms. The summed E-state index contributed by atoms with van der Waals surface area (Å²) >= 11 is 0. The summed E-state index contributed by atoms with van der Waals surface area (Å²) in [5, 5.41) is 6.39. The van der Waals surface area contributed by atoms with Gasteiger partial charge in [-0.05, 0) is 12.5 Å². The van der Waals surface area contributed by atoms with Gasteiger partial charge in [-0.15, -0.1) is 0 Å². The minimum absolute atomic E-state index is 0.0592. The highest BCUT2D eigenvalue weighted by Crippen LogP contribution is 2.16. The maximum Gasteiger partial charge on any atom is 0.224 e. The van der Waals surface area contributed by atoms with E-state index in [1.54, 1.807) is 12.3 Å². The molecule has 1 aromatic rings.